The van der Waals surface area contributed by atoms with Crippen LogP contribution < -0.4 is 5.32 Å². The molecule has 1 fully saturated rings. The van der Waals surface area contributed by atoms with Gasteiger partial charge in [-0.25, -0.2) is 0 Å². The van der Waals surface area contributed by atoms with Gasteiger partial charge in [-0.15, -0.1) is 0 Å². The Kier molecular flexibility index (Phi) is 4.42. The zero-order chi connectivity index (χ0) is 14.7. The number of amides is 1. The van der Waals surface area contributed by atoms with E-state index in [-0.39, 0.29) is 17.9 Å². The molecule has 0 aliphatic heterocycles. The molecule has 1 aromatic rings. The van der Waals surface area contributed by atoms with Gasteiger partial charge in [0.2, 0.25) is 0 Å². The third-order valence-electron chi connectivity index (χ3n) is 3.84. The number of carboxylic acid groups (broad SMARTS) is 1. The van der Waals surface area contributed by atoms with Crippen molar-refractivity contribution in [2.45, 2.75) is 52.1 Å². The number of aliphatic carboxylic acids is 1. The molecule has 0 bridgehead atoms. The molecule has 1 saturated carbocycles. The van der Waals surface area contributed by atoms with Crippen LogP contribution in [0.1, 0.15) is 49.3 Å². The second kappa shape index (κ2) is 6.07. The summed E-state index contributed by atoms with van der Waals surface area (Å²) in [6.07, 6.45) is 2.66. The van der Waals surface area contributed by atoms with E-state index < -0.39 is 5.97 Å². The Hall–Kier alpha value is -1.85. The van der Waals surface area contributed by atoms with E-state index in [0.29, 0.717) is 25.1 Å². The number of hydrogen-bond acceptors (Lipinski definition) is 3. The summed E-state index contributed by atoms with van der Waals surface area (Å²) in [5.41, 5.74) is 1.45. The maximum absolute atomic E-state index is 12.3. The van der Waals surface area contributed by atoms with Crippen molar-refractivity contribution < 1.29 is 14.7 Å². The number of aryl methyl sites for hydroxylation is 2. The fourth-order valence-corrected chi connectivity index (χ4v) is 2.66. The molecule has 6 nitrogen and oxygen atoms in total. The molecule has 0 saturated heterocycles. The maximum Gasteiger partial charge on any atom is 0.306 e. The molecular formula is C14H21N3O3. The van der Waals surface area contributed by atoms with Gasteiger partial charge < -0.3 is 10.4 Å². The van der Waals surface area contributed by atoms with Gasteiger partial charge in [0, 0.05) is 12.6 Å². The average Bonchev–Trinajstić information content (AvgIpc) is 3.04. The molecule has 0 unspecified atom stereocenters. The summed E-state index contributed by atoms with van der Waals surface area (Å²) >= 11 is 0. The van der Waals surface area contributed by atoms with E-state index in [9.17, 15) is 9.59 Å². The number of nitrogens with zero attached hydrogens (tertiary/aromatic N) is 2. The Bertz CT molecular complexity index is 510. The van der Waals surface area contributed by atoms with Crippen LogP contribution in [0.15, 0.2) is 6.07 Å². The summed E-state index contributed by atoms with van der Waals surface area (Å²) in [5.74, 6) is -1.26. The average molecular weight is 279 g/mol. The van der Waals surface area contributed by atoms with Gasteiger partial charge in [-0.3, -0.25) is 14.3 Å². The first-order chi connectivity index (χ1) is 9.55. The first-order valence-electron chi connectivity index (χ1n) is 7.15. The Morgan fingerprint density at radius 1 is 1.45 bits per heavy atom. The molecule has 1 aliphatic rings. The molecular weight excluding hydrogens is 258 g/mol. The summed E-state index contributed by atoms with van der Waals surface area (Å²) in [4.78, 5) is 23.2. The van der Waals surface area contributed by atoms with E-state index in [2.05, 4.69) is 10.4 Å². The first-order valence-corrected chi connectivity index (χ1v) is 7.15. The second-order valence-corrected chi connectivity index (χ2v) is 5.21. The highest BCUT2D eigenvalue weighted by atomic mass is 16.4. The first kappa shape index (κ1) is 14.6. The lowest BCUT2D eigenvalue weighted by Crippen LogP contribution is -2.34. The SMILES string of the molecule is CCc1cc(C(=O)N[C@H]2CC[C@@H](C(=O)O)C2)n(CC)n1. The van der Waals surface area contributed by atoms with Gasteiger partial charge in [0.25, 0.3) is 5.91 Å². The summed E-state index contributed by atoms with van der Waals surface area (Å²) in [6, 6.07) is 1.76. The number of hydrogen-bond donors (Lipinski definition) is 2. The molecule has 0 radical (unpaired) electrons. The third kappa shape index (κ3) is 3.00. The molecule has 0 spiro atoms. The van der Waals surface area contributed by atoms with Crippen LogP contribution in [0.25, 0.3) is 0 Å². The van der Waals surface area contributed by atoms with E-state index in [1.165, 1.54) is 0 Å². The van der Waals surface area contributed by atoms with Gasteiger partial charge >= 0.3 is 5.97 Å². The Morgan fingerprint density at radius 2 is 2.20 bits per heavy atom. The smallest absolute Gasteiger partial charge is 0.306 e. The molecule has 20 heavy (non-hydrogen) atoms. The highest BCUT2D eigenvalue weighted by molar-refractivity contribution is 5.93. The normalized spacial score (nSPS) is 21.9. The highest BCUT2D eigenvalue weighted by Gasteiger charge is 2.31. The van der Waals surface area contributed by atoms with Gasteiger partial charge in [0.15, 0.2) is 0 Å². The van der Waals surface area contributed by atoms with Gasteiger partial charge in [0.1, 0.15) is 5.69 Å². The molecule has 1 heterocycles. The summed E-state index contributed by atoms with van der Waals surface area (Å²) in [5, 5.41) is 16.2. The predicted octanol–water partition coefficient (Wildman–Crippen LogP) is 1.45. The summed E-state index contributed by atoms with van der Waals surface area (Å²) in [6.45, 7) is 4.59. The Labute approximate surface area is 118 Å². The van der Waals surface area contributed by atoms with Gasteiger partial charge in [-0.2, -0.15) is 5.10 Å². The van der Waals surface area contributed by atoms with E-state index >= 15 is 0 Å². The van der Waals surface area contributed by atoms with Crippen molar-refractivity contribution >= 4 is 11.9 Å². The number of carboxylic acids is 1. The second-order valence-electron chi connectivity index (χ2n) is 5.21. The minimum absolute atomic E-state index is 0.0473. The van der Waals surface area contributed by atoms with Crippen LogP contribution >= 0.6 is 0 Å². The Balaban J connectivity index is 2.02. The van der Waals surface area contributed by atoms with Crippen LogP contribution in [0.3, 0.4) is 0 Å². The maximum atomic E-state index is 12.3. The minimum atomic E-state index is -0.770. The molecule has 2 rings (SSSR count). The zero-order valence-electron chi connectivity index (χ0n) is 11.9. The van der Waals surface area contributed by atoms with Crippen LogP contribution in [0.2, 0.25) is 0 Å². The molecule has 1 aliphatic carbocycles. The molecule has 110 valence electrons. The van der Waals surface area contributed by atoms with E-state index in [1.807, 2.05) is 19.9 Å². The van der Waals surface area contributed by atoms with Crippen molar-refractivity contribution in [3.05, 3.63) is 17.5 Å². The topological polar surface area (TPSA) is 84.2 Å². The van der Waals surface area contributed by atoms with Crippen LogP contribution in [0.5, 0.6) is 0 Å². The largest absolute Gasteiger partial charge is 0.481 e. The van der Waals surface area contributed by atoms with Crippen LogP contribution in [0.4, 0.5) is 0 Å². The quantitative estimate of drug-likeness (QED) is 0.854. The van der Waals surface area contributed by atoms with Crippen molar-refractivity contribution in [3.8, 4) is 0 Å². The molecule has 2 atom stereocenters. The number of rotatable bonds is 5. The van der Waals surface area contributed by atoms with Gasteiger partial charge in [-0.05, 0) is 38.7 Å². The molecule has 0 aromatic carbocycles. The summed E-state index contributed by atoms with van der Waals surface area (Å²) < 4.78 is 1.69. The van der Waals surface area contributed by atoms with Crippen LogP contribution in [-0.2, 0) is 17.8 Å². The highest BCUT2D eigenvalue weighted by Crippen LogP contribution is 2.25. The standard InChI is InChI=1S/C14H21N3O3/c1-3-10-8-12(17(4-2)16-10)13(18)15-11-6-5-9(7-11)14(19)20/h8-9,11H,3-7H2,1-2H3,(H,15,18)(H,19,20)/t9-,11+/m1/s1. The molecule has 1 aromatic heterocycles. The lowest BCUT2D eigenvalue weighted by molar-refractivity contribution is -0.141. The van der Waals surface area contributed by atoms with Crippen LogP contribution in [-0.4, -0.2) is 32.8 Å². The fraction of sp³-hybridized carbons (Fsp3) is 0.643. The fourth-order valence-electron chi connectivity index (χ4n) is 2.66. The number of carbonyl (C=O) groups is 2. The monoisotopic (exact) mass is 279 g/mol. The van der Waals surface area contributed by atoms with Crippen molar-refractivity contribution in [3.63, 3.8) is 0 Å². The Morgan fingerprint density at radius 3 is 2.75 bits per heavy atom. The van der Waals surface area contributed by atoms with Crippen molar-refractivity contribution in [1.29, 1.82) is 0 Å². The summed E-state index contributed by atoms with van der Waals surface area (Å²) in [7, 11) is 0. The van der Waals surface area contributed by atoms with Crippen LogP contribution in [0, 0.1) is 5.92 Å². The lowest BCUT2D eigenvalue weighted by atomic mass is 10.1. The number of nitrogens with one attached hydrogen (secondary N) is 1. The van der Waals surface area contributed by atoms with E-state index in [1.54, 1.807) is 4.68 Å². The van der Waals surface area contributed by atoms with E-state index in [0.717, 1.165) is 18.5 Å². The van der Waals surface area contributed by atoms with Crippen molar-refractivity contribution in [2.75, 3.05) is 0 Å². The number of aromatic nitrogens is 2. The van der Waals surface area contributed by atoms with E-state index in [4.69, 9.17) is 5.11 Å². The minimum Gasteiger partial charge on any atom is -0.481 e. The third-order valence-corrected chi connectivity index (χ3v) is 3.84. The predicted molar refractivity (Wildman–Crippen MR) is 73.5 cm³/mol. The molecule has 6 heteroatoms. The van der Waals surface area contributed by atoms with Crippen molar-refractivity contribution in [1.82, 2.24) is 15.1 Å². The van der Waals surface area contributed by atoms with Gasteiger partial charge in [0.05, 0.1) is 11.6 Å². The zero-order valence-corrected chi connectivity index (χ0v) is 11.9. The molecule has 2 N–H and O–H groups in total. The van der Waals surface area contributed by atoms with Crippen molar-refractivity contribution in [2.24, 2.45) is 5.92 Å². The number of carbonyl (C=O) groups excluding carboxylic acids is 1. The lowest BCUT2D eigenvalue weighted by Gasteiger charge is -2.12. The molecule has 1 amide bonds. The van der Waals surface area contributed by atoms with Gasteiger partial charge in [-0.1, -0.05) is 6.92 Å².